The first-order valence-corrected chi connectivity index (χ1v) is 8.90. The molecule has 0 aliphatic carbocycles. The van der Waals surface area contributed by atoms with Crippen molar-refractivity contribution in [2.24, 2.45) is 0 Å². The number of nitrogens with zero attached hydrogens (tertiary/aromatic N) is 3. The molecule has 0 saturated heterocycles. The number of carbonyl (C=O) groups is 1. The highest BCUT2D eigenvalue weighted by atomic mass is 16.5. The van der Waals surface area contributed by atoms with Crippen molar-refractivity contribution < 1.29 is 9.53 Å². The van der Waals surface area contributed by atoms with E-state index >= 15 is 0 Å². The van der Waals surface area contributed by atoms with E-state index in [0.29, 0.717) is 24.7 Å². The topological polar surface area (TPSA) is 67.3 Å². The molecule has 0 aliphatic heterocycles. The molecule has 1 N–H and O–H groups in total. The van der Waals surface area contributed by atoms with E-state index in [1.54, 1.807) is 11.0 Å². The van der Waals surface area contributed by atoms with Crippen LogP contribution in [0.5, 0.6) is 5.75 Å². The summed E-state index contributed by atoms with van der Waals surface area (Å²) in [5, 5.41) is 3.19. The zero-order chi connectivity index (χ0) is 19.1. The van der Waals surface area contributed by atoms with Gasteiger partial charge in [0, 0.05) is 24.0 Å². The minimum Gasteiger partial charge on any atom is -0.494 e. The van der Waals surface area contributed by atoms with Crippen molar-refractivity contribution >= 4 is 23.1 Å². The first-order chi connectivity index (χ1) is 13.2. The number of para-hydroxylation sites is 1. The minimum atomic E-state index is -0.166. The highest BCUT2D eigenvalue weighted by Crippen LogP contribution is 2.20. The quantitative estimate of drug-likeness (QED) is 0.679. The molecule has 0 radical (unpaired) electrons. The molecular formula is C21H22N4O2. The molecule has 0 aliphatic rings. The maximum Gasteiger partial charge on any atom is 0.277 e. The summed E-state index contributed by atoms with van der Waals surface area (Å²) >= 11 is 0. The number of benzene rings is 2. The summed E-state index contributed by atoms with van der Waals surface area (Å²) < 4.78 is 5.44. The van der Waals surface area contributed by atoms with Crippen LogP contribution >= 0.6 is 0 Å². The number of ether oxygens (including phenoxy) is 1. The standard InChI is InChI=1S/C21H22N4O2/c1-3-25(17-8-6-5-7-9-17)21(26)19-14-20(23-15-22-19)24-16-10-12-18(13-11-16)27-4-2/h5-15H,3-4H2,1-2H3,(H,22,23,24). The van der Waals surface area contributed by atoms with Crippen molar-refractivity contribution in [2.75, 3.05) is 23.4 Å². The first-order valence-electron chi connectivity index (χ1n) is 8.90. The molecule has 0 spiro atoms. The number of anilines is 3. The molecule has 6 nitrogen and oxygen atoms in total. The molecule has 27 heavy (non-hydrogen) atoms. The highest BCUT2D eigenvalue weighted by molar-refractivity contribution is 6.05. The van der Waals surface area contributed by atoms with Crippen LogP contribution in [0.3, 0.4) is 0 Å². The zero-order valence-electron chi connectivity index (χ0n) is 15.4. The van der Waals surface area contributed by atoms with Crippen LogP contribution in [0.2, 0.25) is 0 Å². The van der Waals surface area contributed by atoms with E-state index in [9.17, 15) is 4.79 Å². The van der Waals surface area contributed by atoms with Gasteiger partial charge in [-0.15, -0.1) is 0 Å². The van der Waals surface area contributed by atoms with Crippen LogP contribution in [0, 0.1) is 0 Å². The molecule has 2 aromatic carbocycles. The molecule has 0 bridgehead atoms. The smallest absolute Gasteiger partial charge is 0.277 e. The van der Waals surface area contributed by atoms with Crippen molar-refractivity contribution in [3.63, 3.8) is 0 Å². The number of hydrogen-bond acceptors (Lipinski definition) is 5. The Balaban J connectivity index is 1.77. The Morgan fingerprint density at radius 3 is 2.44 bits per heavy atom. The zero-order valence-corrected chi connectivity index (χ0v) is 15.4. The van der Waals surface area contributed by atoms with Crippen LogP contribution in [0.15, 0.2) is 67.0 Å². The van der Waals surface area contributed by atoms with E-state index in [-0.39, 0.29) is 5.91 Å². The number of nitrogens with one attached hydrogen (secondary N) is 1. The second kappa shape index (κ2) is 8.80. The summed E-state index contributed by atoms with van der Waals surface area (Å²) in [6.07, 6.45) is 1.39. The normalized spacial score (nSPS) is 10.3. The van der Waals surface area contributed by atoms with Gasteiger partial charge in [0.15, 0.2) is 0 Å². The van der Waals surface area contributed by atoms with Crippen molar-refractivity contribution in [1.82, 2.24) is 9.97 Å². The Bertz CT molecular complexity index is 882. The average Bonchev–Trinajstić information content (AvgIpc) is 2.71. The highest BCUT2D eigenvalue weighted by Gasteiger charge is 2.18. The molecular weight excluding hydrogens is 340 g/mol. The Morgan fingerprint density at radius 1 is 1.04 bits per heavy atom. The van der Waals surface area contributed by atoms with Crippen LogP contribution in [0.4, 0.5) is 17.2 Å². The number of hydrogen-bond donors (Lipinski definition) is 1. The summed E-state index contributed by atoms with van der Waals surface area (Å²) in [6.45, 7) is 5.06. The van der Waals surface area contributed by atoms with Gasteiger partial charge in [-0.1, -0.05) is 18.2 Å². The lowest BCUT2D eigenvalue weighted by Gasteiger charge is -2.20. The van der Waals surface area contributed by atoms with E-state index in [0.717, 1.165) is 17.1 Å². The summed E-state index contributed by atoms with van der Waals surface area (Å²) in [5.41, 5.74) is 2.03. The maximum absolute atomic E-state index is 12.9. The first kappa shape index (κ1) is 18.4. The molecule has 0 unspecified atom stereocenters. The maximum atomic E-state index is 12.9. The fourth-order valence-corrected chi connectivity index (χ4v) is 2.68. The van der Waals surface area contributed by atoms with Gasteiger partial charge in [0.05, 0.1) is 6.61 Å². The molecule has 1 heterocycles. The van der Waals surface area contributed by atoms with Gasteiger partial charge in [0.25, 0.3) is 5.91 Å². The molecule has 3 rings (SSSR count). The lowest BCUT2D eigenvalue weighted by atomic mass is 10.2. The van der Waals surface area contributed by atoms with Gasteiger partial charge in [0.2, 0.25) is 0 Å². The number of aromatic nitrogens is 2. The van der Waals surface area contributed by atoms with Crippen molar-refractivity contribution in [2.45, 2.75) is 13.8 Å². The van der Waals surface area contributed by atoms with Crippen LogP contribution in [-0.2, 0) is 0 Å². The summed E-state index contributed by atoms with van der Waals surface area (Å²) in [6, 6.07) is 18.8. The summed E-state index contributed by atoms with van der Waals surface area (Å²) in [4.78, 5) is 22.9. The Hall–Kier alpha value is -3.41. The molecule has 0 saturated carbocycles. The van der Waals surface area contributed by atoms with Crippen LogP contribution < -0.4 is 15.0 Å². The van der Waals surface area contributed by atoms with Gasteiger partial charge in [-0.2, -0.15) is 0 Å². The Labute approximate surface area is 158 Å². The van der Waals surface area contributed by atoms with Crippen molar-refractivity contribution in [3.05, 3.63) is 72.7 Å². The molecule has 0 fully saturated rings. The lowest BCUT2D eigenvalue weighted by Crippen LogP contribution is -2.31. The SMILES string of the molecule is CCOc1ccc(Nc2cc(C(=O)N(CC)c3ccccc3)ncn2)cc1. The Kier molecular flexibility index (Phi) is 5.99. The molecule has 138 valence electrons. The van der Waals surface area contributed by atoms with Crippen LogP contribution in [0.1, 0.15) is 24.3 Å². The monoisotopic (exact) mass is 362 g/mol. The van der Waals surface area contributed by atoms with E-state index in [4.69, 9.17) is 4.74 Å². The third kappa shape index (κ3) is 4.61. The fourth-order valence-electron chi connectivity index (χ4n) is 2.68. The number of rotatable bonds is 7. The van der Waals surface area contributed by atoms with E-state index in [1.807, 2.05) is 68.4 Å². The molecule has 3 aromatic rings. The third-order valence-corrected chi connectivity index (χ3v) is 3.95. The van der Waals surface area contributed by atoms with Crippen LogP contribution in [0.25, 0.3) is 0 Å². The van der Waals surface area contributed by atoms with Gasteiger partial charge >= 0.3 is 0 Å². The number of carbonyl (C=O) groups excluding carboxylic acids is 1. The lowest BCUT2D eigenvalue weighted by molar-refractivity contribution is 0.0983. The van der Waals surface area contributed by atoms with Gasteiger partial charge in [-0.25, -0.2) is 9.97 Å². The van der Waals surface area contributed by atoms with E-state index in [1.165, 1.54) is 6.33 Å². The van der Waals surface area contributed by atoms with Crippen LogP contribution in [-0.4, -0.2) is 29.0 Å². The van der Waals surface area contributed by atoms with Gasteiger partial charge in [-0.3, -0.25) is 4.79 Å². The average molecular weight is 362 g/mol. The fraction of sp³-hybridized carbons (Fsp3) is 0.190. The largest absolute Gasteiger partial charge is 0.494 e. The predicted molar refractivity (Wildman–Crippen MR) is 107 cm³/mol. The summed E-state index contributed by atoms with van der Waals surface area (Å²) in [5.74, 6) is 1.20. The molecule has 6 heteroatoms. The van der Waals surface area contributed by atoms with Gasteiger partial charge in [-0.05, 0) is 50.2 Å². The molecule has 0 atom stereocenters. The van der Waals surface area contributed by atoms with E-state index in [2.05, 4.69) is 15.3 Å². The van der Waals surface area contributed by atoms with Gasteiger partial charge in [0.1, 0.15) is 23.6 Å². The minimum absolute atomic E-state index is 0.166. The van der Waals surface area contributed by atoms with Gasteiger partial charge < -0.3 is 15.0 Å². The third-order valence-electron chi connectivity index (χ3n) is 3.95. The Morgan fingerprint density at radius 2 is 1.78 bits per heavy atom. The summed E-state index contributed by atoms with van der Waals surface area (Å²) in [7, 11) is 0. The predicted octanol–water partition coefficient (Wildman–Crippen LogP) is 4.29. The molecule has 1 aromatic heterocycles. The van der Waals surface area contributed by atoms with E-state index < -0.39 is 0 Å². The van der Waals surface area contributed by atoms with Crippen molar-refractivity contribution in [3.8, 4) is 5.75 Å². The number of amides is 1. The van der Waals surface area contributed by atoms with Crippen molar-refractivity contribution in [1.29, 1.82) is 0 Å². The molecule has 1 amide bonds. The second-order valence-electron chi connectivity index (χ2n) is 5.76. The second-order valence-corrected chi connectivity index (χ2v) is 5.76.